The van der Waals surface area contributed by atoms with Crippen LogP contribution in [0, 0.1) is 0 Å². The Morgan fingerprint density at radius 2 is 1.58 bits per heavy atom. The van der Waals surface area contributed by atoms with E-state index in [0.717, 1.165) is 57.3 Å². The number of fused-ring (bicyclic) bond motifs is 2. The number of aliphatic hydroxyl groups is 1. The van der Waals surface area contributed by atoms with Gasteiger partial charge in [-0.1, -0.05) is 48.5 Å². The summed E-state index contributed by atoms with van der Waals surface area (Å²) in [4.78, 5) is 7.32. The third-order valence-electron chi connectivity index (χ3n) is 7.38. The van der Waals surface area contributed by atoms with Crippen molar-refractivity contribution in [2.24, 2.45) is 0 Å². The van der Waals surface area contributed by atoms with E-state index in [1.54, 1.807) is 6.92 Å². The van der Waals surface area contributed by atoms with Gasteiger partial charge in [0.1, 0.15) is 0 Å². The molecule has 6 nitrogen and oxygen atoms in total. The lowest BCUT2D eigenvalue weighted by Gasteiger charge is -2.41. The first-order valence-corrected chi connectivity index (χ1v) is 12.6. The Kier molecular flexibility index (Phi) is 5.70. The van der Waals surface area contributed by atoms with Crippen LogP contribution in [0.5, 0.6) is 0 Å². The molecule has 2 aromatic heterocycles. The molecule has 1 saturated heterocycles. The summed E-state index contributed by atoms with van der Waals surface area (Å²) in [6.45, 7) is 8.35. The minimum Gasteiger partial charge on any atom is -0.389 e. The smallest absolute Gasteiger partial charge is 0.162 e. The summed E-state index contributed by atoms with van der Waals surface area (Å²) < 4.78 is 1.86. The molecule has 6 heteroatoms. The van der Waals surface area contributed by atoms with Crippen LogP contribution in [-0.4, -0.2) is 44.9 Å². The lowest BCUT2D eigenvalue weighted by atomic mass is 9.95. The van der Waals surface area contributed by atoms with Crippen molar-refractivity contribution < 1.29 is 5.11 Å². The topological polar surface area (TPSA) is 65.7 Å². The van der Waals surface area contributed by atoms with Gasteiger partial charge in [0, 0.05) is 54.4 Å². The number of anilines is 1. The highest BCUT2D eigenvalue weighted by molar-refractivity contribution is 6.01. The van der Waals surface area contributed by atoms with Crippen molar-refractivity contribution in [1.82, 2.24) is 19.9 Å². The van der Waals surface area contributed by atoms with Crippen LogP contribution in [0.25, 0.3) is 38.7 Å². The van der Waals surface area contributed by atoms with E-state index in [2.05, 4.69) is 71.6 Å². The summed E-state index contributed by atoms with van der Waals surface area (Å²) in [5, 5.41) is 20.5. The number of aromatic nitrogens is 3. The molecule has 1 aliphatic rings. The van der Waals surface area contributed by atoms with Gasteiger partial charge in [-0.05, 0) is 60.4 Å². The minimum atomic E-state index is -0.530. The molecule has 3 unspecified atom stereocenters. The SMILES string of the molecule is CC(O)c1cccc2c(-c3cnn4cc(-c5ccc(N6C(C)CNCC6C)cc5)cnc34)cccc12. The van der Waals surface area contributed by atoms with E-state index in [-0.39, 0.29) is 0 Å². The molecule has 5 aromatic rings. The first kappa shape index (κ1) is 22.7. The Labute approximate surface area is 211 Å². The number of aliphatic hydroxyl groups excluding tert-OH is 1. The maximum Gasteiger partial charge on any atom is 0.162 e. The second-order valence-corrected chi connectivity index (χ2v) is 9.90. The Hall–Kier alpha value is -3.74. The van der Waals surface area contributed by atoms with Crippen molar-refractivity contribution in [2.75, 3.05) is 18.0 Å². The molecule has 3 atom stereocenters. The van der Waals surface area contributed by atoms with Crippen molar-refractivity contribution in [3.8, 4) is 22.3 Å². The standard InChI is InChI=1S/C30H31N5O/c1-19-14-31-15-20(2)35(19)24-12-10-22(11-13-24)23-16-32-30-29(17-33-34(30)18-23)28-9-5-7-26-25(21(3)36)6-4-8-27(26)28/h4-13,16-21,31,36H,14-15H2,1-3H3. The number of benzene rings is 3. The van der Waals surface area contributed by atoms with Crippen LogP contribution < -0.4 is 10.2 Å². The van der Waals surface area contributed by atoms with Crippen molar-refractivity contribution in [1.29, 1.82) is 0 Å². The van der Waals surface area contributed by atoms with Crippen molar-refractivity contribution in [2.45, 2.75) is 39.0 Å². The first-order chi connectivity index (χ1) is 17.5. The van der Waals surface area contributed by atoms with E-state index < -0.39 is 6.10 Å². The van der Waals surface area contributed by atoms with Gasteiger partial charge in [-0.15, -0.1) is 0 Å². The molecule has 0 spiro atoms. The summed E-state index contributed by atoms with van der Waals surface area (Å²) in [5.41, 5.74) is 7.18. The highest BCUT2D eigenvalue weighted by Gasteiger charge is 2.24. The van der Waals surface area contributed by atoms with Crippen LogP contribution in [0.15, 0.2) is 79.3 Å². The number of hydrogen-bond donors (Lipinski definition) is 2. The Balaban J connectivity index is 1.35. The van der Waals surface area contributed by atoms with Gasteiger partial charge in [-0.2, -0.15) is 5.10 Å². The highest BCUT2D eigenvalue weighted by Crippen LogP contribution is 2.34. The van der Waals surface area contributed by atoms with E-state index in [0.29, 0.717) is 12.1 Å². The van der Waals surface area contributed by atoms with Crippen LogP contribution in [0.2, 0.25) is 0 Å². The van der Waals surface area contributed by atoms with Gasteiger partial charge in [0.15, 0.2) is 5.65 Å². The molecule has 0 aliphatic carbocycles. The normalized spacial score (nSPS) is 19.2. The van der Waals surface area contributed by atoms with Crippen LogP contribution >= 0.6 is 0 Å². The van der Waals surface area contributed by atoms with Crippen LogP contribution in [0.4, 0.5) is 5.69 Å². The largest absolute Gasteiger partial charge is 0.389 e. The maximum absolute atomic E-state index is 10.2. The molecule has 2 N–H and O–H groups in total. The Bertz CT molecular complexity index is 1530. The molecule has 36 heavy (non-hydrogen) atoms. The average Bonchev–Trinajstić information content (AvgIpc) is 3.31. The van der Waals surface area contributed by atoms with Gasteiger partial charge in [0.2, 0.25) is 0 Å². The number of piperazine rings is 1. The van der Waals surface area contributed by atoms with Crippen molar-refractivity contribution in [3.05, 3.63) is 84.8 Å². The number of rotatable bonds is 4. The van der Waals surface area contributed by atoms with Gasteiger partial charge < -0.3 is 15.3 Å². The zero-order valence-corrected chi connectivity index (χ0v) is 20.9. The van der Waals surface area contributed by atoms with Crippen LogP contribution in [-0.2, 0) is 0 Å². The summed E-state index contributed by atoms with van der Waals surface area (Å²) in [6, 6.07) is 21.9. The fourth-order valence-corrected chi connectivity index (χ4v) is 5.61. The van der Waals surface area contributed by atoms with E-state index in [4.69, 9.17) is 4.98 Å². The summed E-state index contributed by atoms with van der Waals surface area (Å²) in [6.07, 6.45) is 5.32. The van der Waals surface area contributed by atoms with Crippen LogP contribution in [0.3, 0.4) is 0 Å². The second-order valence-electron chi connectivity index (χ2n) is 9.90. The molecule has 3 aromatic carbocycles. The zero-order chi connectivity index (χ0) is 24.8. The molecular formula is C30H31N5O. The Morgan fingerprint density at radius 3 is 2.33 bits per heavy atom. The molecule has 0 radical (unpaired) electrons. The fourth-order valence-electron chi connectivity index (χ4n) is 5.61. The van der Waals surface area contributed by atoms with Gasteiger partial charge >= 0.3 is 0 Å². The molecule has 0 bridgehead atoms. The lowest BCUT2D eigenvalue weighted by Crippen LogP contribution is -2.55. The van der Waals surface area contributed by atoms with E-state index >= 15 is 0 Å². The van der Waals surface area contributed by atoms with E-state index in [1.165, 1.54) is 5.69 Å². The molecule has 1 fully saturated rings. The third kappa shape index (κ3) is 3.83. The number of nitrogens with zero attached hydrogens (tertiary/aromatic N) is 4. The summed E-state index contributed by atoms with van der Waals surface area (Å²) in [7, 11) is 0. The predicted molar refractivity (Wildman–Crippen MR) is 146 cm³/mol. The first-order valence-electron chi connectivity index (χ1n) is 12.6. The maximum atomic E-state index is 10.2. The van der Waals surface area contributed by atoms with Gasteiger partial charge in [0.05, 0.1) is 12.3 Å². The number of nitrogens with one attached hydrogen (secondary N) is 1. The molecule has 3 heterocycles. The number of hydrogen-bond acceptors (Lipinski definition) is 5. The highest BCUT2D eigenvalue weighted by atomic mass is 16.3. The molecular weight excluding hydrogens is 446 g/mol. The zero-order valence-electron chi connectivity index (χ0n) is 20.9. The lowest BCUT2D eigenvalue weighted by molar-refractivity contribution is 0.201. The van der Waals surface area contributed by atoms with E-state index in [1.807, 2.05) is 41.3 Å². The average molecular weight is 478 g/mol. The molecule has 6 rings (SSSR count). The fraction of sp³-hybridized carbons (Fsp3) is 0.267. The quantitative estimate of drug-likeness (QED) is 0.360. The molecule has 0 saturated carbocycles. The molecule has 0 amide bonds. The Morgan fingerprint density at radius 1 is 0.861 bits per heavy atom. The monoisotopic (exact) mass is 477 g/mol. The third-order valence-corrected chi connectivity index (χ3v) is 7.38. The van der Waals surface area contributed by atoms with Gasteiger partial charge in [0.25, 0.3) is 0 Å². The van der Waals surface area contributed by atoms with Gasteiger partial charge in [-0.25, -0.2) is 9.50 Å². The van der Waals surface area contributed by atoms with Gasteiger partial charge in [-0.3, -0.25) is 0 Å². The predicted octanol–water partition coefficient (Wildman–Crippen LogP) is 5.46. The van der Waals surface area contributed by atoms with E-state index in [9.17, 15) is 5.11 Å². The minimum absolute atomic E-state index is 0.464. The summed E-state index contributed by atoms with van der Waals surface area (Å²) >= 11 is 0. The van der Waals surface area contributed by atoms with Crippen molar-refractivity contribution in [3.63, 3.8) is 0 Å². The van der Waals surface area contributed by atoms with Crippen LogP contribution in [0.1, 0.15) is 32.4 Å². The molecule has 1 aliphatic heterocycles. The summed E-state index contributed by atoms with van der Waals surface area (Å²) in [5.74, 6) is 0. The molecule has 182 valence electrons. The van der Waals surface area contributed by atoms with Crippen molar-refractivity contribution >= 4 is 22.1 Å². The second kappa shape index (κ2) is 9.04.